The number of halogens is 8. The van der Waals surface area contributed by atoms with Gasteiger partial charge in [-0.25, -0.2) is 0 Å². The summed E-state index contributed by atoms with van der Waals surface area (Å²) in [6, 6.07) is 15.9. The standard InChI is InChI=1S/C32H32Cl2F6N2O3/c1-44-41-29(20-45-19-21-15-24(31(35,36)37)18-25(16-21)32(38,39)40)26(22-7-8-27(33)28(34)17-22)9-12-42-13-10-30(43,11-14-42)23-5-3-2-4-6-23/h2-8,15-18,26,43H,9-14,19-20H2,1H3/b41-29+/t26-/m1/s1. The number of piperidine rings is 1. The van der Waals surface area contributed by atoms with Crippen molar-refractivity contribution in [1.29, 1.82) is 0 Å². The molecule has 0 radical (unpaired) electrons. The van der Waals surface area contributed by atoms with Crippen LogP contribution in [0, 0.1) is 0 Å². The Labute approximate surface area is 267 Å². The van der Waals surface area contributed by atoms with Crippen LogP contribution in [-0.2, 0) is 34.1 Å². The molecule has 1 aliphatic heterocycles. The molecule has 3 aromatic rings. The lowest BCUT2D eigenvalue weighted by Crippen LogP contribution is -2.43. The van der Waals surface area contributed by atoms with Gasteiger partial charge in [0.2, 0.25) is 0 Å². The Balaban J connectivity index is 1.50. The van der Waals surface area contributed by atoms with Gasteiger partial charge in [0, 0.05) is 19.0 Å². The molecule has 45 heavy (non-hydrogen) atoms. The van der Waals surface area contributed by atoms with Gasteiger partial charge in [-0.15, -0.1) is 0 Å². The second-order valence-electron chi connectivity index (χ2n) is 10.9. The molecule has 0 spiro atoms. The number of nitrogens with zero attached hydrogens (tertiary/aromatic N) is 2. The minimum atomic E-state index is -4.97. The molecule has 5 nitrogen and oxygen atoms in total. The number of oxime groups is 1. The maximum Gasteiger partial charge on any atom is 0.416 e. The van der Waals surface area contributed by atoms with E-state index in [-0.39, 0.29) is 18.2 Å². The molecule has 13 heteroatoms. The van der Waals surface area contributed by atoms with Gasteiger partial charge in [-0.1, -0.05) is 64.8 Å². The van der Waals surface area contributed by atoms with Crippen LogP contribution in [0.4, 0.5) is 26.3 Å². The molecule has 3 aromatic carbocycles. The highest BCUT2D eigenvalue weighted by Gasteiger charge is 2.37. The van der Waals surface area contributed by atoms with Crippen LogP contribution < -0.4 is 0 Å². The van der Waals surface area contributed by atoms with Gasteiger partial charge >= 0.3 is 12.4 Å². The summed E-state index contributed by atoms with van der Waals surface area (Å²) in [5.41, 5.74) is -2.11. The zero-order chi connectivity index (χ0) is 32.8. The van der Waals surface area contributed by atoms with E-state index in [0.717, 1.165) is 11.1 Å². The normalized spacial score (nSPS) is 16.9. The summed E-state index contributed by atoms with van der Waals surface area (Å²) in [6.45, 7) is 1.06. The fourth-order valence-electron chi connectivity index (χ4n) is 5.43. The molecule has 1 saturated heterocycles. The van der Waals surface area contributed by atoms with Crippen LogP contribution in [-0.4, -0.2) is 49.1 Å². The van der Waals surface area contributed by atoms with E-state index in [9.17, 15) is 31.4 Å². The quantitative estimate of drug-likeness (QED) is 0.125. The van der Waals surface area contributed by atoms with Crippen LogP contribution >= 0.6 is 23.2 Å². The number of hydrogen-bond donors (Lipinski definition) is 1. The highest BCUT2D eigenvalue weighted by Crippen LogP contribution is 2.37. The van der Waals surface area contributed by atoms with Crippen LogP contribution in [0.25, 0.3) is 0 Å². The third-order valence-electron chi connectivity index (χ3n) is 7.85. The van der Waals surface area contributed by atoms with Gasteiger partial charge < -0.3 is 19.6 Å². The SMILES string of the molecule is CO/N=C(\COCc1cc(C(F)(F)F)cc(C(F)(F)F)c1)[C@H](CCN1CCC(O)(c2ccccc2)CC1)c1ccc(Cl)c(Cl)c1. The Bertz CT molecular complexity index is 1430. The molecular weight excluding hydrogens is 645 g/mol. The predicted molar refractivity (Wildman–Crippen MR) is 160 cm³/mol. The maximum atomic E-state index is 13.3. The van der Waals surface area contributed by atoms with Gasteiger partial charge in [0.1, 0.15) is 7.11 Å². The lowest BCUT2D eigenvalue weighted by atomic mass is 9.84. The van der Waals surface area contributed by atoms with Crippen molar-refractivity contribution in [3.05, 3.63) is 105 Å². The molecular formula is C32H32Cl2F6N2O3. The first-order valence-corrected chi connectivity index (χ1v) is 14.9. The highest BCUT2D eigenvalue weighted by atomic mass is 35.5. The summed E-state index contributed by atoms with van der Waals surface area (Å²) in [6.07, 6.45) is -8.37. The number of alkyl halides is 6. The van der Waals surface area contributed by atoms with Crippen molar-refractivity contribution >= 4 is 28.9 Å². The fraction of sp³-hybridized carbons (Fsp3) is 0.406. The summed E-state index contributed by atoms with van der Waals surface area (Å²) >= 11 is 12.4. The Morgan fingerprint density at radius 1 is 0.911 bits per heavy atom. The zero-order valence-electron chi connectivity index (χ0n) is 24.3. The van der Waals surface area contributed by atoms with Crippen molar-refractivity contribution in [2.75, 3.05) is 33.4 Å². The average molecular weight is 678 g/mol. The van der Waals surface area contributed by atoms with Crippen molar-refractivity contribution < 1.29 is 41.0 Å². The van der Waals surface area contributed by atoms with Gasteiger partial charge in [0.05, 0.1) is 45.7 Å². The first-order chi connectivity index (χ1) is 21.2. The van der Waals surface area contributed by atoms with Crippen molar-refractivity contribution in [2.24, 2.45) is 5.16 Å². The number of benzene rings is 3. The van der Waals surface area contributed by atoms with Crippen LogP contribution in [0.2, 0.25) is 10.0 Å². The topological polar surface area (TPSA) is 54.3 Å². The van der Waals surface area contributed by atoms with E-state index in [4.69, 9.17) is 32.8 Å². The van der Waals surface area contributed by atoms with E-state index in [1.165, 1.54) is 7.11 Å². The van der Waals surface area contributed by atoms with Crippen LogP contribution in [0.1, 0.15) is 53.0 Å². The second-order valence-corrected chi connectivity index (χ2v) is 11.7. The monoisotopic (exact) mass is 676 g/mol. The number of ether oxygens (including phenoxy) is 1. The first-order valence-electron chi connectivity index (χ1n) is 14.1. The number of aliphatic hydroxyl groups is 1. The molecule has 1 N–H and O–H groups in total. The van der Waals surface area contributed by atoms with Crippen molar-refractivity contribution in [2.45, 2.75) is 49.7 Å². The summed E-state index contributed by atoms with van der Waals surface area (Å²) in [7, 11) is 1.32. The lowest BCUT2D eigenvalue weighted by Gasteiger charge is -2.39. The van der Waals surface area contributed by atoms with Gasteiger partial charge in [0.15, 0.2) is 0 Å². The third-order valence-corrected chi connectivity index (χ3v) is 8.59. The Kier molecular flexibility index (Phi) is 11.5. The Hall–Kier alpha value is -2.83. The predicted octanol–water partition coefficient (Wildman–Crippen LogP) is 8.71. The molecule has 1 atom stereocenters. The van der Waals surface area contributed by atoms with Gasteiger partial charge in [-0.05, 0) is 72.8 Å². The molecule has 0 amide bonds. The summed E-state index contributed by atoms with van der Waals surface area (Å²) in [5, 5.41) is 16.0. The third kappa shape index (κ3) is 9.36. The molecule has 0 bridgehead atoms. The summed E-state index contributed by atoms with van der Waals surface area (Å²) < 4.78 is 85.6. The zero-order valence-corrected chi connectivity index (χ0v) is 25.8. The van der Waals surface area contributed by atoms with Gasteiger partial charge in [-0.2, -0.15) is 26.3 Å². The number of likely N-dealkylation sites (tertiary alicyclic amines) is 1. The molecule has 0 saturated carbocycles. The largest absolute Gasteiger partial charge is 0.416 e. The average Bonchev–Trinajstić information content (AvgIpc) is 2.99. The van der Waals surface area contributed by atoms with Crippen molar-refractivity contribution in [3.8, 4) is 0 Å². The van der Waals surface area contributed by atoms with Crippen molar-refractivity contribution in [3.63, 3.8) is 0 Å². The first kappa shape index (κ1) is 35.0. The van der Waals surface area contributed by atoms with Crippen molar-refractivity contribution in [1.82, 2.24) is 4.90 Å². The number of hydrogen-bond acceptors (Lipinski definition) is 5. The van der Waals surface area contributed by atoms with Crippen LogP contribution in [0.5, 0.6) is 0 Å². The van der Waals surface area contributed by atoms with Gasteiger partial charge in [-0.3, -0.25) is 0 Å². The smallest absolute Gasteiger partial charge is 0.399 e. The van der Waals surface area contributed by atoms with E-state index >= 15 is 0 Å². The second kappa shape index (κ2) is 14.7. The maximum absolute atomic E-state index is 13.3. The molecule has 0 unspecified atom stereocenters. The summed E-state index contributed by atoms with van der Waals surface area (Å²) in [4.78, 5) is 7.27. The van der Waals surface area contributed by atoms with Crippen LogP contribution in [0.15, 0.2) is 71.9 Å². The molecule has 1 heterocycles. The molecule has 0 aromatic heterocycles. The van der Waals surface area contributed by atoms with Crippen LogP contribution in [0.3, 0.4) is 0 Å². The molecule has 1 aliphatic rings. The minimum Gasteiger partial charge on any atom is -0.399 e. The Morgan fingerprint density at radius 3 is 2.09 bits per heavy atom. The fourth-order valence-corrected chi connectivity index (χ4v) is 5.74. The van der Waals surface area contributed by atoms with E-state index in [0.29, 0.717) is 66.8 Å². The van der Waals surface area contributed by atoms with E-state index < -0.39 is 41.6 Å². The highest BCUT2D eigenvalue weighted by molar-refractivity contribution is 6.42. The summed E-state index contributed by atoms with van der Waals surface area (Å²) in [5.74, 6) is -0.443. The molecule has 1 fully saturated rings. The van der Waals surface area contributed by atoms with E-state index in [1.807, 2.05) is 30.3 Å². The van der Waals surface area contributed by atoms with Gasteiger partial charge in [0.25, 0.3) is 0 Å². The molecule has 244 valence electrons. The Morgan fingerprint density at radius 2 is 1.53 bits per heavy atom. The molecule has 4 rings (SSSR count). The van der Waals surface area contributed by atoms with E-state index in [1.54, 1.807) is 18.2 Å². The minimum absolute atomic E-state index is 0.0723. The lowest BCUT2D eigenvalue weighted by molar-refractivity contribution is -0.143. The number of rotatable bonds is 11. The van der Waals surface area contributed by atoms with E-state index in [2.05, 4.69) is 10.1 Å². The molecule has 0 aliphatic carbocycles.